The molecule has 0 aromatic heterocycles. The van der Waals surface area contributed by atoms with Gasteiger partial charge in [0.05, 0.1) is 29.8 Å². The van der Waals surface area contributed by atoms with Crippen LogP contribution in [0.3, 0.4) is 0 Å². The second-order valence-corrected chi connectivity index (χ2v) is 20.3. The van der Waals surface area contributed by atoms with Crippen LogP contribution in [-0.2, 0) is 24.8 Å². The number of nitrogens with zero attached hydrogens (tertiary/aromatic N) is 3. The number of hydrogen-bond acceptors (Lipinski definition) is 9. The van der Waals surface area contributed by atoms with Crippen molar-refractivity contribution in [2.24, 2.45) is 23.5 Å². The number of fused-ring (bicyclic) bond motifs is 1. The van der Waals surface area contributed by atoms with Gasteiger partial charge in [-0.25, -0.2) is 8.78 Å². The van der Waals surface area contributed by atoms with E-state index in [0.717, 1.165) is 75.6 Å². The molecule has 0 radical (unpaired) electrons. The Bertz CT molecular complexity index is 2700. The number of benzene rings is 4. The normalized spacial score (nSPS) is 23.1. The Balaban J connectivity index is 0.766. The fraction of sp³-hybridized carbons (Fsp3) is 0.473. The van der Waals surface area contributed by atoms with E-state index >= 15 is 8.78 Å². The zero-order chi connectivity index (χ0) is 50.1. The number of carbonyl (C=O) groups is 5. The molecule has 3 N–H and O–H groups in total. The number of amides is 4. The summed E-state index contributed by atoms with van der Waals surface area (Å²) >= 11 is 6.70. The Morgan fingerprint density at radius 1 is 0.859 bits per heavy atom. The molecule has 5 aliphatic rings. The average molecular weight is 995 g/mol. The second kappa shape index (κ2) is 21.0. The lowest BCUT2D eigenvalue weighted by Crippen LogP contribution is -2.49. The number of aryl methyl sites for hydroxylation is 1. The van der Waals surface area contributed by atoms with E-state index in [1.165, 1.54) is 25.3 Å². The van der Waals surface area contributed by atoms with Crippen LogP contribution in [0.15, 0.2) is 66.7 Å². The van der Waals surface area contributed by atoms with E-state index in [1.54, 1.807) is 17.0 Å². The molecule has 0 unspecified atom stereocenters. The molecule has 2 atom stereocenters. The first-order chi connectivity index (χ1) is 34.2. The van der Waals surface area contributed by atoms with Gasteiger partial charge in [0.1, 0.15) is 23.1 Å². The highest BCUT2D eigenvalue weighted by Gasteiger charge is 2.50. The van der Waals surface area contributed by atoms with E-state index in [4.69, 9.17) is 31.5 Å². The van der Waals surface area contributed by atoms with Gasteiger partial charge in [-0.15, -0.1) is 0 Å². The molecule has 4 aromatic rings. The maximum atomic E-state index is 16.2. The topological polar surface area (TPSA) is 161 Å². The number of carbonyl (C=O) groups excluding carboxylic acids is 5. The summed E-state index contributed by atoms with van der Waals surface area (Å²) in [6.07, 6.45) is 6.98. The van der Waals surface area contributed by atoms with Crippen LogP contribution >= 0.6 is 11.6 Å². The van der Waals surface area contributed by atoms with Gasteiger partial charge in [-0.1, -0.05) is 54.9 Å². The van der Waals surface area contributed by atoms with E-state index < -0.39 is 29.1 Å². The molecule has 4 aromatic carbocycles. The molecule has 376 valence electrons. The zero-order valence-electron chi connectivity index (χ0n) is 40.6. The predicted molar refractivity (Wildman–Crippen MR) is 265 cm³/mol. The van der Waals surface area contributed by atoms with Crippen LogP contribution in [0.1, 0.15) is 104 Å². The number of primary amides is 1. The van der Waals surface area contributed by atoms with E-state index in [2.05, 4.69) is 10.2 Å². The van der Waals surface area contributed by atoms with Crippen molar-refractivity contribution in [1.29, 1.82) is 0 Å². The minimum absolute atomic E-state index is 0.00941. The summed E-state index contributed by atoms with van der Waals surface area (Å²) in [4.78, 5) is 69.8. The van der Waals surface area contributed by atoms with Gasteiger partial charge in [0.2, 0.25) is 17.7 Å². The summed E-state index contributed by atoms with van der Waals surface area (Å²) < 4.78 is 50.0. The Kier molecular flexibility index (Phi) is 14.7. The van der Waals surface area contributed by atoms with Crippen molar-refractivity contribution in [3.05, 3.63) is 106 Å². The number of halogens is 3. The fourth-order valence-electron chi connectivity index (χ4n) is 11.9. The van der Waals surface area contributed by atoms with Crippen LogP contribution in [0.4, 0.5) is 14.5 Å². The molecular formula is C55H62ClF2N5O8. The minimum atomic E-state index is -1.08. The van der Waals surface area contributed by atoms with E-state index in [-0.39, 0.29) is 81.7 Å². The number of likely N-dealkylation sites (tertiary alicyclic amines) is 2. The van der Waals surface area contributed by atoms with Gasteiger partial charge in [-0.3, -0.25) is 24.0 Å². The number of rotatable bonds is 13. The third-order valence-electron chi connectivity index (χ3n) is 16.0. The van der Waals surface area contributed by atoms with Crippen LogP contribution in [0.25, 0.3) is 11.1 Å². The molecule has 4 aliphatic heterocycles. The maximum absolute atomic E-state index is 16.2. The lowest BCUT2D eigenvalue weighted by molar-refractivity contribution is -0.139. The van der Waals surface area contributed by atoms with Gasteiger partial charge in [0.25, 0.3) is 5.91 Å². The standard InChI is InChI=1S/C55H62ClF2N5O8/c1-32-9-14-40(28-43(32)63-26-21-39(64)27-46(63)65)70-30-47(66)61-22-17-34(18-23-61)35-19-24-62(25-20-35)54(68)36-10-12-38(13-11-36)60-31-55(37-7-5-4-6-8-37)33(2)48-45(71-55)29-42(57)51(56)50(48)49-41(53(59)67)15-16-44(69-3)52(49)58/h4-9,14-16,28-29,33-36,38,60H,10-13,17-27,30-31H2,1-3H3,(H2,59,67)/t33-,36?,38?,55-/m0/s1. The molecule has 9 rings (SSSR count). The van der Waals surface area contributed by atoms with Gasteiger partial charge in [0.15, 0.2) is 23.8 Å². The molecule has 3 saturated heterocycles. The summed E-state index contributed by atoms with van der Waals surface area (Å²) in [6, 6.07) is 19.0. The van der Waals surface area contributed by atoms with Gasteiger partial charge >= 0.3 is 0 Å². The number of Topliss-reactive ketones (excluding diaryl/α,β-unsaturated/α-hetero) is 1. The van der Waals surface area contributed by atoms with Crippen LogP contribution < -0.4 is 30.2 Å². The Labute approximate surface area is 418 Å². The summed E-state index contributed by atoms with van der Waals surface area (Å²) in [5.74, 6) is -1.82. The highest BCUT2D eigenvalue weighted by molar-refractivity contribution is 6.34. The maximum Gasteiger partial charge on any atom is 0.260 e. The minimum Gasteiger partial charge on any atom is -0.494 e. The average Bonchev–Trinajstić information content (AvgIpc) is 3.66. The molecule has 71 heavy (non-hydrogen) atoms. The number of piperidine rings is 3. The van der Waals surface area contributed by atoms with Crippen LogP contribution in [0.2, 0.25) is 5.02 Å². The number of nitrogens with one attached hydrogen (secondary N) is 1. The van der Waals surface area contributed by atoms with E-state index in [1.807, 2.05) is 55.1 Å². The number of methoxy groups -OCH3 is 1. The SMILES string of the molecule is COc1ccc(C(N)=O)c(-c2c(Cl)c(F)cc3c2[C@H](C)[C@@](CNC2CCC(C(=O)N4CCC(C5CCN(C(=O)COc6ccc(C)c(N7CCC(=O)CC7=O)c6)CC5)CC4)CC2)(c2ccccc2)O3)c1F. The summed E-state index contributed by atoms with van der Waals surface area (Å²) in [6.45, 7) is 7.19. The Morgan fingerprint density at radius 2 is 1.54 bits per heavy atom. The van der Waals surface area contributed by atoms with Crippen molar-refractivity contribution < 1.29 is 47.0 Å². The zero-order valence-corrected chi connectivity index (χ0v) is 41.3. The number of anilines is 1. The van der Waals surface area contributed by atoms with Crippen LogP contribution in [-0.4, -0.2) is 98.2 Å². The molecule has 4 fully saturated rings. The lowest BCUT2D eigenvalue weighted by atomic mass is 9.77. The number of hydrogen-bond donors (Lipinski definition) is 2. The fourth-order valence-corrected chi connectivity index (χ4v) is 12.1. The van der Waals surface area contributed by atoms with E-state index in [9.17, 15) is 24.0 Å². The van der Waals surface area contributed by atoms with Crippen molar-refractivity contribution in [2.45, 2.75) is 95.6 Å². The number of ether oxygens (including phenoxy) is 3. The highest BCUT2D eigenvalue weighted by Crippen LogP contribution is 2.56. The van der Waals surface area contributed by atoms with Crippen molar-refractivity contribution in [3.63, 3.8) is 0 Å². The third-order valence-corrected chi connectivity index (χ3v) is 16.4. The first-order valence-corrected chi connectivity index (χ1v) is 25.3. The first kappa shape index (κ1) is 49.9. The van der Waals surface area contributed by atoms with E-state index in [0.29, 0.717) is 61.4 Å². The molecule has 1 saturated carbocycles. The summed E-state index contributed by atoms with van der Waals surface area (Å²) in [5.41, 5.74) is 7.09. The van der Waals surface area contributed by atoms with Crippen LogP contribution in [0.5, 0.6) is 17.2 Å². The largest absolute Gasteiger partial charge is 0.494 e. The summed E-state index contributed by atoms with van der Waals surface area (Å²) in [5, 5.41) is 3.38. The van der Waals surface area contributed by atoms with Gasteiger partial charge in [0, 0.05) is 92.4 Å². The quantitative estimate of drug-likeness (QED) is 0.125. The number of nitrogens with two attached hydrogens (primary N) is 1. The Hall–Kier alpha value is -6.06. The molecule has 16 heteroatoms. The van der Waals surface area contributed by atoms with Crippen molar-refractivity contribution in [2.75, 3.05) is 57.9 Å². The summed E-state index contributed by atoms with van der Waals surface area (Å²) in [7, 11) is 1.30. The molecular weight excluding hydrogens is 932 g/mol. The first-order valence-electron chi connectivity index (χ1n) is 25.0. The smallest absolute Gasteiger partial charge is 0.260 e. The molecule has 4 amide bonds. The molecule has 1 aliphatic carbocycles. The molecule has 4 heterocycles. The second-order valence-electron chi connectivity index (χ2n) is 20.0. The predicted octanol–water partition coefficient (Wildman–Crippen LogP) is 8.49. The molecule has 0 bridgehead atoms. The molecule has 13 nitrogen and oxygen atoms in total. The van der Waals surface area contributed by atoms with Crippen LogP contribution in [0, 0.1) is 36.3 Å². The Morgan fingerprint density at radius 3 is 2.18 bits per heavy atom. The lowest BCUT2D eigenvalue weighted by Gasteiger charge is -2.41. The van der Waals surface area contributed by atoms with Gasteiger partial charge in [-0.2, -0.15) is 0 Å². The highest BCUT2D eigenvalue weighted by atomic mass is 35.5. The number of ketones is 1. The van der Waals surface area contributed by atoms with Crippen molar-refractivity contribution in [3.8, 4) is 28.4 Å². The van der Waals surface area contributed by atoms with Gasteiger partial charge < -0.3 is 40.0 Å². The van der Waals surface area contributed by atoms with Crippen molar-refractivity contribution >= 4 is 46.7 Å². The van der Waals surface area contributed by atoms with Gasteiger partial charge in [-0.05, 0) is 99.5 Å². The third kappa shape index (κ3) is 9.96. The van der Waals surface area contributed by atoms with Crippen molar-refractivity contribution in [1.82, 2.24) is 15.1 Å². The monoisotopic (exact) mass is 993 g/mol. The molecule has 0 spiro atoms.